The number of alkyl carbamates (subject to hydrolysis) is 1. The van der Waals surface area contributed by atoms with Gasteiger partial charge in [-0.3, -0.25) is 0 Å². The van der Waals surface area contributed by atoms with Gasteiger partial charge in [0.15, 0.2) is 5.82 Å². The van der Waals surface area contributed by atoms with Gasteiger partial charge in [-0.05, 0) is 63.2 Å². The van der Waals surface area contributed by atoms with Gasteiger partial charge in [-0.15, -0.1) is 15.6 Å². The molecule has 1 fully saturated rings. The Morgan fingerprint density at radius 2 is 1.90 bits per heavy atom. The lowest BCUT2D eigenvalue weighted by atomic mass is 10.2. The van der Waals surface area contributed by atoms with E-state index in [1.807, 2.05) is 4.90 Å². The molecule has 1 atom stereocenters. The fourth-order valence-corrected chi connectivity index (χ4v) is 5.88. The molecule has 1 saturated heterocycles. The third-order valence-corrected chi connectivity index (χ3v) is 8.04. The maximum atomic E-state index is 14.2. The molecule has 3 aromatic rings. The molecular formula is C26H30FN5O6S2. The summed E-state index contributed by atoms with van der Waals surface area (Å²) in [5, 5.41) is 7.05. The lowest BCUT2D eigenvalue weighted by Crippen LogP contribution is -2.41. The summed E-state index contributed by atoms with van der Waals surface area (Å²) >= 11 is 1.14. The maximum Gasteiger partial charge on any atom is 0.430 e. The molecule has 1 aliphatic heterocycles. The van der Waals surface area contributed by atoms with Crippen LogP contribution in [-0.4, -0.2) is 57.4 Å². The monoisotopic (exact) mass is 591 g/mol. The Morgan fingerprint density at radius 3 is 2.52 bits per heavy atom. The third kappa shape index (κ3) is 6.80. The molecule has 11 nitrogen and oxygen atoms in total. The number of nitrogens with zero attached hydrogens (tertiary/aromatic N) is 3. The zero-order valence-corrected chi connectivity index (χ0v) is 24.0. The number of ether oxygens (including phenoxy) is 2. The van der Waals surface area contributed by atoms with Crippen LogP contribution in [0.15, 0.2) is 58.3 Å². The Labute approximate surface area is 236 Å². The Kier molecular flexibility index (Phi) is 8.49. The molecule has 1 unspecified atom stereocenters. The Balaban J connectivity index is 1.56. The highest BCUT2D eigenvalue weighted by atomic mass is 32.2. The minimum Gasteiger partial charge on any atom is -0.444 e. The summed E-state index contributed by atoms with van der Waals surface area (Å²) in [6.07, 6.45) is -1.35. The number of anilines is 4. The van der Waals surface area contributed by atoms with E-state index in [0.29, 0.717) is 40.9 Å². The van der Waals surface area contributed by atoms with Crippen molar-refractivity contribution in [3.05, 3.63) is 59.2 Å². The van der Waals surface area contributed by atoms with Gasteiger partial charge in [-0.25, -0.2) is 27.4 Å². The van der Waals surface area contributed by atoms with E-state index in [0.717, 1.165) is 11.3 Å². The smallest absolute Gasteiger partial charge is 0.430 e. The largest absolute Gasteiger partial charge is 0.444 e. The summed E-state index contributed by atoms with van der Waals surface area (Å²) < 4.78 is 52.4. The normalized spacial score (nSPS) is 15.4. The quantitative estimate of drug-likeness (QED) is 0.386. The Bertz CT molecular complexity index is 1460. The van der Waals surface area contributed by atoms with Crippen LogP contribution >= 0.6 is 11.3 Å². The molecular weight excluding hydrogens is 561 g/mol. The van der Waals surface area contributed by atoms with E-state index >= 15 is 0 Å². The van der Waals surface area contributed by atoms with Gasteiger partial charge in [-0.2, -0.15) is 0 Å². The number of halogens is 1. The zero-order chi connectivity index (χ0) is 29.1. The second-order valence-corrected chi connectivity index (χ2v) is 12.4. The zero-order valence-electron chi connectivity index (χ0n) is 22.4. The van der Waals surface area contributed by atoms with Gasteiger partial charge in [0, 0.05) is 31.1 Å². The first-order valence-electron chi connectivity index (χ1n) is 12.3. The van der Waals surface area contributed by atoms with Crippen molar-refractivity contribution in [3.63, 3.8) is 0 Å². The standard InChI is InChI=1S/C26H30FN5O6S2/c1-26(2,3)38-25(34)32(23-15-39-16-29-23)40(35,36)20-8-6-18(7-9-20)30-21-10-5-17(27)13-22(21)31-12-11-19(14-31)37-24(33)28-4/h5-10,13,15-16,19,30H,11-12,14H2,1-4H3,(H,28,33). The predicted molar refractivity (Wildman–Crippen MR) is 150 cm³/mol. The van der Waals surface area contributed by atoms with Crippen molar-refractivity contribution in [2.75, 3.05) is 34.7 Å². The fourth-order valence-electron chi connectivity index (χ4n) is 4.02. The minimum atomic E-state index is -4.36. The van der Waals surface area contributed by atoms with Gasteiger partial charge in [-0.1, -0.05) is 0 Å². The summed E-state index contributed by atoms with van der Waals surface area (Å²) in [6.45, 7) is 5.85. The number of hydrogen-bond donors (Lipinski definition) is 2. The van der Waals surface area contributed by atoms with E-state index < -0.39 is 33.6 Å². The van der Waals surface area contributed by atoms with Gasteiger partial charge in [0.1, 0.15) is 17.5 Å². The first kappa shape index (κ1) is 29.1. The molecule has 1 aromatic heterocycles. The van der Waals surface area contributed by atoms with E-state index in [1.165, 1.54) is 54.3 Å². The number of carbonyl (C=O) groups is 2. The third-order valence-electron chi connectivity index (χ3n) is 5.78. The second-order valence-electron chi connectivity index (χ2n) is 9.92. The van der Waals surface area contributed by atoms with Gasteiger partial charge >= 0.3 is 12.2 Å². The van der Waals surface area contributed by atoms with Crippen LogP contribution in [0.25, 0.3) is 0 Å². The van der Waals surface area contributed by atoms with E-state index in [1.54, 1.807) is 26.8 Å². The number of sulfonamides is 1. The van der Waals surface area contributed by atoms with Gasteiger partial charge in [0.05, 0.1) is 28.3 Å². The first-order valence-corrected chi connectivity index (χ1v) is 14.7. The molecule has 0 spiro atoms. The molecule has 2 aromatic carbocycles. The van der Waals surface area contributed by atoms with Crippen LogP contribution in [0.2, 0.25) is 0 Å². The minimum absolute atomic E-state index is 0.0679. The molecule has 1 aliphatic rings. The molecule has 2 heterocycles. The summed E-state index contributed by atoms with van der Waals surface area (Å²) in [6, 6.07) is 10.1. The van der Waals surface area contributed by atoms with Gasteiger partial charge in [0.2, 0.25) is 0 Å². The summed E-state index contributed by atoms with van der Waals surface area (Å²) in [5.41, 5.74) is 2.17. The van der Waals surface area contributed by atoms with Crippen LogP contribution in [0.3, 0.4) is 0 Å². The average Bonchev–Trinajstić information content (AvgIpc) is 3.57. The highest BCUT2D eigenvalue weighted by molar-refractivity contribution is 7.93. The lowest BCUT2D eigenvalue weighted by molar-refractivity contribution is 0.0608. The number of thiazole rings is 1. The van der Waals surface area contributed by atoms with Crippen LogP contribution in [-0.2, 0) is 19.5 Å². The predicted octanol–water partition coefficient (Wildman–Crippen LogP) is 5.09. The number of nitrogens with one attached hydrogen (secondary N) is 2. The van der Waals surface area contributed by atoms with Crippen molar-refractivity contribution >= 4 is 56.4 Å². The molecule has 2 amide bonds. The van der Waals surface area contributed by atoms with Crippen LogP contribution in [0.5, 0.6) is 0 Å². The highest BCUT2D eigenvalue weighted by Gasteiger charge is 2.36. The number of benzene rings is 2. The second kappa shape index (κ2) is 11.7. The Morgan fingerprint density at radius 1 is 1.18 bits per heavy atom. The van der Waals surface area contributed by atoms with E-state index in [9.17, 15) is 22.4 Å². The van der Waals surface area contributed by atoms with Crippen molar-refractivity contribution in [2.24, 2.45) is 0 Å². The molecule has 0 radical (unpaired) electrons. The van der Waals surface area contributed by atoms with E-state index in [2.05, 4.69) is 15.6 Å². The molecule has 40 heavy (non-hydrogen) atoms. The lowest BCUT2D eigenvalue weighted by Gasteiger charge is -2.25. The number of hydrogen-bond acceptors (Lipinski definition) is 10. The molecule has 14 heteroatoms. The van der Waals surface area contributed by atoms with Crippen molar-refractivity contribution in [1.29, 1.82) is 0 Å². The number of aromatic nitrogens is 1. The van der Waals surface area contributed by atoms with Crippen LogP contribution in [0.1, 0.15) is 27.2 Å². The SMILES string of the molecule is CNC(=O)OC1CCN(c2cc(F)ccc2Nc2ccc(S(=O)(=O)N(C(=O)OC(C)(C)C)c3cscn3)cc2)C1. The molecule has 2 N–H and O–H groups in total. The van der Waals surface area contributed by atoms with Gasteiger partial charge < -0.3 is 25.0 Å². The fraction of sp³-hybridized carbons (Fsp3) is 0.346. The first-order chi connectivity index (χ1) is 18.9. The maximum absolute atomic E-state index is 14.2. The van der Waals surface area contributed by atoms with Crippen molar-refractivity contribution < 1.29 is 31.9 Å². The van der Waals surface area contributed by atoms with Crippen LogP contribution < -0.4 is 19.8 Å². The van der Waals surface area contributed by atoms with E-state index in [4.69, 9.17) is 9.47 Å². The number of rotatable bonds is 7. The van der Waals surface area contributed by atoms with Crippen molar-refractivity contribution in [3.8, 4) is 0 Å². The molecule has 4 rings (SSSR count). The topological polar surface area (TPSA) is 130 Å². The highest BCUT2D eigenvalue weighted by Crippen LogP contribution is 2.33. The molecule has 0 aliphatic carbocycles. The number of carbonyl (C=O) groups excluding carboxylic acids is 2. The average molecular weight is 592 g/mol. The molecule has 0 bridgehead atoms. The van der Waals surface area contributed by atoms with Crippen molar-refractivity contribution in [1.82, 2.24) is 10.3 Å². The molecule has 0 saturated carbocycles. The summed E-state index contributed by atoms with van der Waals surface area (Å²) in [7, 11) is -2.88. The Hall–Kier alpha value is -3.91. The van der Waals surface area contributed by atoms with E-state index in [-0.39, 0.29) is 16.8 Å². The van der Waals surface area contributed by atoms with Crippen LogP contribution in [0, 0.1) is 5.82 Å². The number of amides is 2. The molecule has 214 valence electrons. The van der Waals surface area contributed by atoms with Gasteiger partial charge in [0.25, 0.3) is 10.0 Å². The van der Waals surface area contributed by atoms with Crippen LogP contribution in [0.4, 0.5) is 36.9 Å². The summed E-state index contributed by atoms with van der Waals surface area (Å²) in [4.78, 5) is 30.2. The van der Waals surface area contributed by atoms with Crippen molar-refractivity contribution in [2.45, 2.75) is 43.8 Å². The summed E-state index contributed by atoms with van der Waals surface area (Å²) in [5.74, 6) is -0.497.